The highest BCUT2D eigenvalue weighted by Gasteiger charge is 2.36. The van der Waals surface area contributed by atoms with Crippen molar-refractivity contribution >= 4 is 17.5 Å². The number of nitrogens with zero attached hydrogens (tertiary/aromatic N) is 3. The number of carbonyl (C=O) groups excluding carboxylic acids is 1. The third-order valence-corrected chi connectivity index (χ3v) is 3.93. The SMILES string of the molecule is CC(C)c1noc(C2CN(C(=O)c3ccccc3Cl)C2)n1. The van der Waals surface area contributed by atoms with Crippen molar-refractivity contribution in [3.05, 3.63) is 46.6 Å². The van der Waals surface area contributed by atoms with Gasteiger partial charge in [0.25, 0.3) is 5.91 Å². The lowest BCUT2D eigenvalue weighted by Crippen LogP contribution is -2.48. The van der Waals surface area contributed by atoms with Gasteiger partial charge in [0.15, 0.2) is 5.82 Å². The Morgan fingerprint density at radius 1 is 1.38 bits per heavy atom. The fourth-order valence-electron chi connectivity index (χ4n) is 2.25. The van der Waals surface area contributed by atoms with Crippen LogP contribution in [0.25, 0.3) is 0 Å². The Balaban J connectivity index is 1.65. The van der Waals surface area contributed by atoms with Crippen molar-refractivity contribution in [2.45, 2.75) is 25.7 Å². The highest BCUT2D eigenvalue weighted by molar-refractivity contribution is 6.33. The van der Waals surface area contributed by atoms with Crippen LogP contribution in [0.15, 0.2) is 28.8 Å². The van der Waals surface area contributed by atoms with Crippen LogP contribution in [0, 0.1) is 0 Å². The van der Waals surface area contributed by atoms with Crippen molar-refractivity contribution in [3.63, 3.8) is 0 Å². The van der Waals surface area contributed by atoms with E-state index in [1.165, 1.54) is 0 Å². The molecule has 0 atom stereocenters. The molecule has 110 valence electrons. The normalized spacial score (nSPS) is 15.3. The van der Waals surface area contributed by atoms with E-state index in [4.69, 9.17) is 16.1 Å². The van der Waals surface area contributed by atoms with Gasteiger partial charge in [-0.25, -0.2) is 0 Å². The number of aromatic nitrogens is 2. The van der Waals surface area contributed by atoms with Crippen molar-refractivity contribution in [2.24, 2.45) is 0 Å². The lowest BCUT2D eigenvalue weighted by atomic mass is 9.98. The second kappa shape index (κ2) is 5.48. The molecule has 1 amide bonds. The number of hydrogen-bond acceptors (Lipinski definition) is 4. The molecule has 0 N–H and O–H groups in total. The van der Waals surface area contributed by atoms with Crippen LogP contribution < -0.4 is 0 Å². The largest absolute Gasteiger partial charge is 0.339 e. The Hall–Kier alpha value is -1.88. The number of carbonyl (C=O) groups is 1. The summed E-state index contributed by atoms with van der Waals surface area (Å²) < 4.78 is 5.26. The minimum Gasteiger partial charge on any atom is -0.339 e. The van der Waals surface area contributed by atoms with E-state index in [1.54, 1.807) is 17.0 Å². The number of likely N-dealkylation sites (tertiary alicyclic amines) is 1. The smallest absolute Gasteiger partial charge is 0.255 e. The molecule has 1 aromatic carbocycles. The maximum Gasteiger partial charge on any atom is 0.255 e. The molecule has 1 aliphatic rings. The number of amides is 1. The Kier molecular flexibility index (Phi) is 3.68. The van der Waals surface area contributed by atoms with Gasteiger partial charge in [-0.15, -0.1) is 0 Å². The third kappa shape index (κ3) is 2.65. The molecule has 1 fully saturated rings. The molecular formula is C15H16ClN3O2. The van der Waals surface area contributed by atoms with E-state index in [0.717, 1.165) is 0 Å². The molecule has 5 nitrogen and oxygen atoms in total. The summed E-state index contributed by atoms with van der Waals surface area (Å²) in [6, 6.07) is 7.08. The van der Waals surface area contributed by atoms with E-state index < -0.39 is 0 Å². The van der Waals surface area contributed by atoms with E-state index in [9.17, 15) is 4.79 Å². The molecule has 0 bridgehead atoms. The van der Waals surface area contributed by atoms with Gasteiger partial charge in [0, 0.05) is 19.0 Å². The van der Waals surface area contributed by atoms with Crippen LogP contribution in [0.2, 0.25) is 5.02 Å². The van der Waals surface area contributed by atoms with Gasteiger partial charge in [0.05, 0.1) is 16.5 Å². The van der Waals surface area contributed by atoms with E-state index >= 15 is 0 Å². The highest BCUT2D eigenvalue weighted by atomic mass is 35.5. The second-order valence-corrected chi connectivity index (χ2v) is 5.94. The predicted molar refractivity (Wildman–Crippen MR) is 78.5 cm³/mol. The molecule has 2 aromatic rings. The van der Waals surface area contributed by atoms with Crippen LogP contribution in [0.1, 0.15) is 47.8 Å². The van der Waals surface area contributed by atoms with Gasteiger partial charge in [0.1, 0.15) is 0 Å². The summed E-state index contributed by atoms with van der Waals surface area (Å²) >= 11 is 6.05. The van der Waals surface area contributed by atoms with Crippen molar-refractivity contribution in [1.29, 1.82) is 0 Å². The molecule has 1 aromatic heterocycles. The fourth-order valence-corrected chi connectivity index (χ4v) is 2.47. The Bertz CT molecular complexity index is 662. The lowest BCUT2D eigenvalue weighted by molar-refractivity contribution is 0.0569. The minimum absolute atomic E-state index is 0.0551. The van der Waals surface area contributed by atoms with Crippen LogP contribution in [0.3, 0.4) is 0 Å². The first kappa shape index (κ1) is 14.1. The van der Waals surface area contributed by atoms with Crippen molar-refractivity contribution < 1.29 is 9.32 Å². The molecule has 0 spiro atoms. The van der Waals surface area contributed by atoms with Gasteiger partial charge < -0.3 is 9.42 Å². The lowest BCUT2D eigenvalue weighted by Gasteiger charge is -2.37. The molecule has 2 heterocycles. The Labute approximate surface area is 127 Å². The quantitative estimate of drug-likeness (QED) is 0.874. The minimum atomic E-state index is -0.0551. The molecule has 1 saturated heterocycles. The second-order valence-electron chi connectivity index (χ2n) is 5.53. The van der Waals surface area contributed by atoms with Gasteiger partial charge >= 0.3 is 0 Å². The molecule has 3 rings (SSSR count). The topological polar surface area (TPSA) is 59.2 Å². The van der Waals surface area contributed by atoms with Gasteiger partial charge in [-0.1, -0.05) is 42.7 Å². The van der Waals surface area contributed by atoms with Crippen LogP contribution in [0.4, 0.5) is 0 Å². The summed E-state index contributed by atoms with van der Waals surface area (Å²) in [5.41, 5.74) is 0.533. The first-order valence-corrected chi connectivity index (χ1v) is 7.31. The monoisotopic (exact) mass is 305 g/mol. The summed E-state index contributed by atoms with van der Waals surface area (Å²) in [7, 11) is 0. The zero-order valence-corrected chi connectivity index (χ0v) is 12.7. The summed E-state index contributed by atoms with van der Waals surface area (Å²) in [6.45, 7) is 5.21. The van der Waals surface area contributed by atoms with Gasteiger partial charge in [-0.3, -0.25) is 4.79 Å². The Morgan fingerprint density at radius 2 is 2.10 bits per heavy atom. The first-order chi connectivity index (χ1) is 10.1. The summed E-state index contributed by atoms with van der Waals surface area (Å²) in [6.07, 6.45) is 0. The van der Waals surface area contributed by atoms with Crippen molar-refractivity contribution in [1.82, 2.24) is 15.0 Å². The van der Waals surface area contributed by atoms with Gasteiger partial charge in [0.2, 0.25) is 5.89 Å². The van der Waals surface area contributed by atoms with E-state index in [1.807, 2.05) is 26.0 Å². The highest BCUT2D eigenvalue weighted by Crippen LogP contribution is 2.29. The average molecular weight is 306 g/mol. The molecule has 0 aliphatic carbocycles. The van der Waals surface area contributed by atoms with E-state index in [-0.39, 0.29) is 17.7 Å². The molecular weight excluding hydrogens is 290 g/mol. The molecule has 1 aliphatic heterocycles. The van der Waals surface area contributed by atoms with Crippen LogP contribution in [-0.2, 0) is 0 Å². The number of hydrogen-bond donors (Lipinski definition) is 0. The summed E-state index contributed by atoms with van der Waals surface area (Å²) in [5, 5.41) is 4.43. The zero-order chi connectivity index (χ0) is 15.0. The van der Waals surface area contributed by atoms with E-state index in [0.29, 0.717) is 35.4 Å². The maximum absolute atomic E-state index is 12.3. The number of halogens is 1. The Morgan fingerprint density at radius 3 is 2.71 bits per heavy atom. The van der Waals surface area contributed by atoms with Crippen molar-refractivity contribution in [3.8, 4) is 0 Å². The predicted octanol–water partition coefficient (Wildman–Crippen LogP) is 3.09. The average Bonchev–Trinajstić information content (AvgIpc) is 2.87. The van der Waals surface area contributed by atoms with E-state index in [2.05, 4.69) is 10.1 Å². The summed E-state index contributed by atoms with van der Waals surface area (Å²) in [4.78, 5) is 18.4. The van der Waals surface area contributed by atoms with Crippen LogP contribution in [0.5, 0.6) is 0 Å². The zero-order valence-electron chi connectivity index (χ0n) is 11.9. The van der Waals surface area contributed by atoms with Gasteiger partial charge in [-0.05, 0) is 12.1 Å². The molecule has 0 saturated carbocycles. The molecule has 6 heteroatoms. The van der Waals surface area contributed by atoms with Gasteiger partial charge in [-0.2, -0.15) is 4.98 Å². The first-order valence-electron chi connectivity index (χ1n) is 6.93. The number of benzene rings is 1. The fraction of sp³-hybridized carbons (Fsp3) is 0.400. The van der Waals surface area contributed by atoms with Crippen LogP contribution in [-0.4, -0.2) is 34.0 Å². The molecule has 0 unspecified atom stereocenters. The van der Waals surface area contributed by atoms with Crippen LogP contribution >= 0.6 is 11.6 Å². The third-order valence-electron chi connectivity index (χ3n) is 3.60. The maximum atomic E-state index is 12.3. The standard InChI is InChI=1S/C15H16ClN3O2/c1-9(2)13-17-14(21-18-13)10-7-19(8-10)15(20)11-5-3-4-6-12(11)16/h3-6,9-10H,7-8H2,1-2H3. The number of rotatable bonds is 3. The molecule has 0 radical (unpaired) electrons. The molecule has 21 heavy (non-hydrogen) atoms. The summed E-state index contributed by atoms with van der Waals surface area (Å²) in [5.74, 6) is 1.63. The van der Waals surface area contributed by atoms with Crippen molar-refractivity contribution in [2.75, 3.05) is 13.1 Å².